The zero-order chi connectivity index (χ0) is 11.3. The quantitative estimate of drug-likeness (QED) is 0.732. The Labute approximate surface area is 95.3 Å². The number of hydrogen-bond donors (Lipinski definition) is 0. The van der Waals surface area contributed by atoms with Crippen molar-refractivity contribution in [3.63, 3.8) is 0 Å². The Morgan fingerprint density at radius 2 is 1.93 bits per heavy atom. The molecule has 2 aromatic rings. The van der Waals surface area contributed by atoms with Crippen molar-refractivity contribution >= 4 is 22.5 Å². The van der Waals surface area contributed by atoms with Crippen LogP contribution in [0, 0.1) is 0 Å². The predicted octanol–water partition coefficient (Wildman–Crippen LogP) is 3.87. The van der Waals surface area contributed by atoms with Crippen LogP contribution in [-0.4, -0.2) is 9.97 Å². The second kappa shape index (κ2) is 5.66. The van der Waals surface area contributed by atoms with Crippen LogP contribution in [0.15, 0.2) is 24.5 Å². The first-order chi connectivity index (χ1) is 7.31. The highest BCUT2D eigenvalue weighted by atomic mass is 35.5. The highest BCUT2D eigenvalue weighted by molar-refractivity contribution is 6.31. The van der Waals surface area contributed by atoms with Gasteiger partial charge in [0.1, 0.15) is 6.33 Å². The first-order valence-corrected chi connectivity index (χ1v) is 5.58. The van der Waals surface area contributed by atoms with E-state index in [-0.39, 0.29) is 0 Å². The van der Waals surface area contributed by atoms with Crippen LogP contribution in [-0.2, 0) is 6.42 Å². The number of halogens is 1. The number of hydrogen-bond acceptors (Lipinski definition) is 2. The second-order valence-corrected chi connectivity index (χ2v) is 3.27. The Bertz CT molecular complexity index is 441. The van der Waals surface area contributed by atoms with Crippen LogP contribution in [0.4, 0.5) is 0 Å². The summed E-state index contributed by atoms with van der Waals surface area (Å²) in [5.41, 5.74) is 1.99. The molecule has 0 atom stereocenters. The third kappa shape index (κ3) is 2.66. The summed E-state index contributed by atoms with van der Waals surface area (Å²) in [5.74, 6) is 0. The standard InChI is InChI=1S/C10H9ClN2.C2H6/c1-2-9-8-4-3-7(11)5-10(8)13-6-12-9;1-2/h3-6H,2H2,1H3;1-2H3. The lowest BCUT2D eigenvalue weighted by Crippen LogP contribution is -1.90. The summed E-state index contributed by atoms with van der Waals surface area (Å²) in [6.45, 7) is 6.08. The maximum atomic E-state index is 5.85. The van der Waals surface area contributed by atoms with Crippen molar-refractivity contribution in [1.82, 2.24) is 9.97 Å². The maximum absolute atomic E-state index is 5.85. The molecule has 80 valence electrons. The van der Waals surface area contributed by atoms with Gasteiger partial charge in [0.25, 0.3) is 0 Å². The lowest BCUT2D eigenvalue weighted by atomic mass is 10.1. The van der Waals surface area contributed by atoms with Crippen LogP contribution < -0.4 is 0 Å². The van der Waals surface area contributed by atoms with Gasteiger partial charge >= 0.3 is 0 Å². The molecule has 0 saturated heterocycles. The highest BCUT2D eigenvalue weighted by Crippen LogP contribution is 2.19. The Hall–Kier alpha value is -1.15. The fourth-order valence-corrected chi connectivity index (χ4v) is 1.53. The third-order valence-corrected chi connectivity index (χ3v) is 2.25. The van der Waals surface area contributed by atoms with Crippen LogP contribution in [0.5, 0.6) is 0 Å². The molecule has 0 aliphatic carbocycles. The van der Waals surface area contributed by atoms with Gasteiger partial charge in [0.2, 0.25) is 0 Å². The molecule has 0 radical (unpaired) electrons. The molecule has 0 bridgehead atoms. The fraction of sp³-hybridized carbons (Fsp3) is 0.333. The fourth-order valence-electron chi connectivity index (χ4n) is 1.37. The molecule has 1 aromatic heterocycles. The zero-order valence-electron chi connectivity index (χ0n) is 9.29. The first-order valence-electron chi connectivity index (χ1n) is 5.20. The minimum Gasteiger partial charge on any atom is -0.241 e. The normalized spacial score (nSPS) is 9.60. The van der Waals surface area contributed by atoms with E-state index in [0.29, 0.717) is 5.02 Å². The highest BCUT2D eigenvalue weighted by Gasteiger charge is 2.01. The van der Waals surface area contributed by atoms with E-state index < -0.39 is 0 Å². The Balaban J connectivity index is 0.000000531. The van der Waals surface area contributed by atoms with Crippen molar-refractivity contribution in [2.24, 2.45) is 0 Å². The molecular formula is C12H15ClN2. The maximum Gasteiger partial charge on any atom is 0.116 e. The molecule has 0 amide bonds. The third-order valence-electron chi connectivity index (χ3n) is 2.02. The number of benzene rings is 1. The van der Waals surface area contributed by atoms with E-state index in [1.165, 1.54) is 0 Å². The molecule has 0 fully saturated rings. The molecule has 0 aliphatic heterocycles. The average Bonchev–Trinajstić information content (AvgIpc) is 2.30. The van der Waals surface area contributed by atoms with Gasteiger partial charge in [-0.15, -0.1) is 0 Å². The molecule has 15 heavy (non-hydrogen) atoms. The van der Waals surface area contributed by atoms with Crippen molar-refractivity contribution in [3.8, 4) is 0 Å². The largest absolute Gasteiger partial charge is 0.241 e. The topological polar surface area (TPSA) is 25.8 Å². The molecule has 0 saturated carbocycles. The lowest BCUT2D eigenvalue weighted by Gasteiger charge is -2.01. The van der Waals surface area contributed by atoms with Gasteiger partial charge in [-0.1, -0.05) is 32.4 Å². The van der Waals surface area contributed by atoms with E-state index in [4.69, 9.17) is 11.6 Å². The van der Waals surface area contributed by atoms with Crippen molar-refractivity contribution in [1.29, 1.82) is 0 Å². The monoisotopic (exact) mass is 222 g/mol. The van der Waals surface area contributed by atoms with Gasteiger partial charge in [0, 0.05) is 10.4 Å². The molecule has 1 heterocycles. The van der Waals surface area contributed by atoms with Gasteiger partial charge in [-0.05, 0) is 24.6 Å². The summed E-state index contributed by atoms with van der Waals surface area (Å²) in [6.07, 6.45) is 2.50. The van der Waals surface area contributed by atoms with E-state index in [2.05, 4.69) is 16.9 Å². The number of rotatable bonds is 1. The summed E-state index contributed by atoms with van der Waals surface area (Å²) in [5, 5.41) is 1.81. The molecule has 1 aromatic carbocycles. The summed E-state index contributed by atoms with van der Waals surface area (Å²) < 4.78 is 0. The minimum atomic E-state index is 0.716. The average molecular weight is 223 g/mol. The Morgan fingerprint density at radius 1 is 1.20 bits per heavy atom. The molecule has 0 N–H and O–H groups in total. The predicted molar refractivity (Wildman–Crippen MR) is 65.3 cm³/mol. The number of fused-ring (bicyclic) bond motifs is 1. The van der Waals surface area contributed by atoms with Crippen molar-refractivity contribution in [2.45, 2.75) is 27.2 Å². The summed E-state index contributed by atoms with van der Waals surface area (Å²) >= 11 is 5.85. The zero-order valence-corrected chi connectivity index (χ0v) is 10.0. The van der Waals surface area contributed by atoms with Crippen molar-refractivity contribution in [2.75, 3.05) is 0 Å². The number of aromatic nitrogens is 2. The van der Waals surface area contributed by atoms with Crippen LogP contribution >= 0.6 is 11.6 Å². The van der Waals surface area contributed by atoms with Gasteiger partial charge < -0.3 is 0 Å². The van der Waals surface area contributed by atoms with Crippen LogP contribution in [0.1, 0.15) is 26.5 Å². The molecule has 3 heteroatoms. The van der Waals surface area contributed by atoms with Gasteiger partial charge in [0.15, 0.2) is 0 Å². The number of nitrogens with zero attached hydrogens (tertiary/aromatic N) is 2. The molecule has 0 unspecified atom stereocenters. The van der Waals surface area contributed by atoms with E-state index in [0.717, 1.165) is 23.0 Å². The second-order valence-electron chi connectivity index (χ2n) is 2.84. The van der Waals surface area contributed by atoms with E-state index in [1.807, 2.05) is 32.0 Å². The smallest absolute Gasteiger partial charge is 0.116 e. The van der Waals surface area contributed by atoms with Crippen LogP contribution in [0.3, 0.4) is 0 Å². The number of aryl methyl sites for hydroxylation is 1. The van der Waals surface area contributed by atoms with Crippen molar-refractivity contribution in [3.05, 3.63) is 35.2 Å². The molecule has 2 rings (SSSR count). The lowest BCUT2D eigenvalue weighted by molar-refractivity contribution is 1.03. The summed E-state index contributed by atoms with van der Waals surface area (Å²) in [6, 6.07) is 5.70. The summed E-state index contributed by atoms with van der Waals surface area (Å²) in [7, 11) is 0. The molecule has 0 aliphatic rings. The summed E-state index contributed by atoms with van der Waals surface area (Å²) in [4.78, 5) is 8.36. The SMILES string of the molecule is CC.CCc1ncnc2cc(Cl)ccc12. The molecular weight excluding hydrogens is 208 g/mol. The van der Waals surface area contributed by atoms with Crippen LogP contribution in [0.2, 0.25) is 5.02 Å². The van der Waals surface area contributed by atoms with E-state index in [1.54, 1.807) is 6.33 Å². The van der Waals surface area contributed by atoms with Gasteiger partial charge in [0.05, 0.1) is 11.2 Å². The molecule has 0 spiro atoms. The van der Waals surface area contributed by atoms with Crippen LogP contribution in [0.25, 0.3) is 10.9 Å². The van der Waals surface area contributed by atoms with Gasteiger partial charge in [-0.2, -0.15) is 0 Å². The van der Waals surface area contributed by atoms with Gasteiger partial charge in [-0.3, -0.25) is 0 Å². The minimum absolute atomic E-state index is 0.716. The van der Waals surface area contributed by atoms with Crippen molar-refractivity contribution < 1.29 is 0 Å². The first kappa shape index (κ1) is 11.9. The Kier molecular flexibility index (Phi) is 4.50. The van der Waals surface area contributed by atoms with Gasteiger partial charge in [-0.25, -0.2) is 9.97 Å². The Morgan fingerprint density at radius 3 is 2.60 bits per heavy atom. The molecule has 2 nitrogen and oxygen atoms in total. The van der Waals surface area contributed by atoms with E-state index >= 15 is 0 Å². The van der Waals surface area contributed by atoms with E-state index in [9.17, 15) is 0 Å².